The summed E-state index contributed by atoms with van der Waals surface area (Å²) >= 11 is 0. The monoisotopic (exact) mass is 467 g/mol. The van der Waals surface area contributed by atoms with Gasteiger partial charge in [0.25, 0.3) is 0 Å². The molecule has 0 unspecified atom stereocenters. The standard InChI is InChI=1S/C26H31F2N5O/c1-16(2)30-24-25(32-22-13-20(14-26(3,4)34)29-15-23(22)31-24)33-9-7-17(8-10-33)11-18-5-6-19(27)12-21(18)28/h5-6,11-13,15-16,34H,7-10,14H2,1-4H3,(H,30,31). The van der Waals surface area contributed by atoms with Crippen LogP contribution in [0.15, 0.2) is 36.0 Å². The normalized spacial score (nSPS) is 14.7. The summed E-state index contributed by atoms with van der Waals surface area (Å²) in [4.78, 5) is 16.4. The van der Waals surface area contributed by atoms with Crippen molar-refractivity contribution < 1.29 is 13.9 Å². The molecule has 2 N–H and O–H groups in total. The molecule has 0 saturated carbocycles. The van der Waals surface area contributed by atoms with Gasteiger partial charge in [0.1, 0.15) is 17.2 Å². The number of benzene rings is 1. The van der Waals surface area contributed by atoms with Gasteiger partial charge >= 0.3 is 0 Å². The van der Waals surface area contributed by atoms with E-state index in [0.717, 1.165) is 41.5 Å². The first-order valence-electron chi connectivity index (χ1n) is 11.6. The van der Waals surface area contributed by atoms with E-state index in [-0.39, 0.29) is 6.04 Å². The number of piperidine rings is 1. The average Bonchev–Trinajstić information content (AvgIpc) is 2.74. The summed E-state index contributed by atoms with van der Waals surface area (Å²) in [7, 11) is 0. The Morgan fingerprint density at radius 3 is 2.50 bits per heavy atom. The molecule has 0 amide bonds. The number of pyridine rings is 1. The number of nitrogens with zero attached hydrogens (tertiary/aromatic N) is 4. The summed E-state index contributed by atoms with van der Waals surface area (Å²) < 4.78 is 27.3. The Balaban J connectivity index is 1.60. The molecule has 0 atom stereocenters. The van der Waals surface area contributed by atoms with Gasteiger partial charge in [-0.3, -0.25) is 4.98 Å². The Bertz CT molecular complexity index is 1210. The first kappa shape index (κ1) is 24.0. The molecule has 3 heterocycles. The molecule has 1 fully saturated rings. The fourth-order valence-corrected chi connectivity index (χ4v) is 4.11. The zero-order valence-corrected chi connectivity index (χ0v) is 20.1. The van der Waals surface area contributed by atoms with Crippen molar-refractivity contribution in [3.05, 3.63) is 58.9 Å². The molecular formula is C26H31F2N5O. The quantitative estimate of drug-likeness (QED) is 0.524. The van der Waals surface area contributed by atoms with Crippen LogP contribution in [0.4, 0.5) is 20.4 Å². The molecule has 0 aliphatic carbocycles. The summed E-state index contributed by atoms with van der Waals surface area (Å²) in [5.41, 5.74) is 2.84. The van der Waals surface area contributed by atoms with Crippen molar-refractivity contribution in [3.63, 3.8) is 0 Å². The maximum absolute atomic E-state index is 14.1. The van der Waals surface area contributed by atoms with Crippen LogP contribution in [0.2, 0.25) is 0 Å². The van der Waals surface area contributed by atoms with Gasteiger partial charge in [0.2, 0.25) is 0 Å². The molecule has 34 heavy (non-hydrogen) atoms. The third-order valence-corrected chi connectivity index (χ3v) is 5.66. The van der Waals surface area contributed by atoms with Crippen LogP contribution in [-0.4, -0.2) is 44.8 Å². The van der Waals surface area contributed by atoms with E-state index >= 15 is 0 Å². The second-order valence-corrected chi connectivity index (χ2v) is 9.80. The lowest BCUT2D eigenvalue weighted by atomic mass is 10.0. The lowest BCUT2D eigenvalue weighted by molar-refractivity contribution is 0.0800. The van der Waals surface area contributed by atoms with E-state index in [4.69, 9.17) is 9.97 Å². The third kappa shape index (κ3) is 5.86. The van der Waals surface area contributed by atoms with Gasteiger partial charge in [-0.2, -0.15) is 0 Å². The van der Waals surface area contributed by atoms with Gasteiger partial charge in [-0.15, -0.1) is 0 Å². The maximum Gasteiger partial charge on any atom is 0.172 e. The minimum Gasteiger partial charge on any atom is -0.390 e. The number of nitrogens with one attached hydrogen (secondary N) is 1. The highest BCUT2D eigenvalue weighted by molar-refractivity contribution is 5.80. The van der Waals surface area contributed by atoms with Gasteiger partial charge in [0.05, 0.1) is 17.3 Å². The van der Waals surface area contributed by atoms with Crippen LogP contribution >= 0.6 is 0 Å². The fourth-order valence-electron chi connectivity index (χ4n) is 4.11. The molecule has 0 radical (unpaired) electrons. The van der Waals surface area contributed by atoms with Crippen LogP contribution in [0.5, 0.6) is 0 Å². The molecule has 1 saturated heterocycles. The zero-order valence-electron chi connectivity index (χ0n) is 20.1. The first-order chi connectivity index (χ1) is 16.1. The second-order valence-electron chi connectivity index (χ2n) is 9.80. The number of fused-ring (bicyclic) bond motifs is 1. The second kappa shape index (κ2) is 9.62. The Morgan fingerprint density at radius 2 is 1.85 bits per heavy atom. The Hall–Kier alpha value is -3.13. The number of aromatic nitrogens is 3. The highest BCUT2D eigenvalue weighted by Crippen LogP contribution is 2.30. The zero-order chi connectivity index (χ0) is 24.5. The van der Waals surface area contributed by atoms with Crippen LogP contribution in [-0.2, 0) is 6.42 Å². The number of aliphatic hydroxyl groups is 1. The van der Waals surface area contributed by atoms with Crippen molar-refractivity contribution in [3.8, 4) is 0 Å². The van der Waals surface area contributed by atoms with Crippen LogP contribution < -0.4 is 10.2 Å². The fraction of sp³-hybridized carbons (Fsp3) is 0.423. The number of rotatable bonds is 6. The summed E-state index contributed by atoms with van der Waals surface area (Å²) in [6, 6.07) is 5.73. The predicted molar refractivity (Wildman–Crippen MR) is 132 cm³/mol. The number of hydrogen-bond acceptors (Lipinski definition) is 6. The van der Waals surface area contributed by atoms with E-state index in [9.17, 15) is 13.9 Å². The van der Waals surface area contributed by atoms with E-state index < -0.39 is 17.2 Å². The Kier molecular flexibility index (Phi) is 6.79. The van der Waals surface area contributed by atoms with Gasteiger partial charge in [-0.05, 0) is 58.7 Å². The van der Waals surface area contributed by atoms with Crippen molar-refractivity contribution in [2.75, 3.05) is 23.3 Å². The van der Waals surface area contributed by atoms with E-state index in [1.165, 1.54) is 12.1 Å². The van der Waals surface area contributed by atoms with Crippen molar-refractivity contribution in [2.45, 2.75) is 58.6 Å². The molecule has 1 aromatic carbocycles. The molecule has 6 nitrogen and oxygen atoms in total. The topological polar surface area (TPSA) is 74.2 Å². The maximum atomic E-state index is 14.1. The minimum absolute atomic E-state index is 0.176. The summed E-state index contributed by atoms with van der Waals surface area (Å²) in [6.45, 7) is 9.03. The average molecular weight is 468 g/mol. The highest BCUT2D eigenvalue weighted by Gasteiger charge is 2.22. The molecule has 2 aromatic heterocycles. The SMILES string of the molecule is CC(C)Nc1nc2cnc(CC(C)(C)O)cc2nc1N1CCC(=Cc2ccc(F)cc2F)CC1. The molecule has 180 valence electrons. The van der Waals surface area contributed by atoms with Gasteiger partial charge in [0, 0.05) is 42.9 Å². The van der Waals surface area contributed by atoms with E-state index in [1.807, 2.05) is 12.1 Å². The lowest BCUT2D eigenvalue weighted by Crippen LogP contribution is -2.32. The first-order valence-corrected chi connectivity index (χ1v) is 11.6. The van der Waals surface area contributed by atoms with Crippen molar-refractivity contribution >= 4 is 28.7 Å². The Labute approximate surface area is 198 Å². The predicted octanol–water partition coefficient (Wildman–Crippen LogP) is 5.12. The molecule has 3 aromatic rings. The van der Waals surface area contributed by atoms with Gasteiger partial charge in [0.15, 0.2) is 11.6 Å². The summed E-state index contributed by atoms with van der Waals surface area (Å²) in [6.07, 6.45) is 5.44. The largest absolute Gasteiger partial charge is 0.390 e. The van der Waals surface area contributed by atoms with Gasteiger partial charge in [-0.1, -0.05) is 11.6 Å². The van der Waals surface area contributed by atoms with Gasteiger partial charge < -0.3 is 15.3 Å². The van der Waals surface area contributed by atoms with Crippen molar-refractivity contribution in [2.24, 2.45) is 0 Å². The molecule has 8 heteroatoms. The van der Waals surface area contributed by atoms with Crippen LogP contribution in [0, 0.1) is 11.6 Å². The third-order valence-electron chi connectivity index (χ3n) is 5.66. The van der Waals surface area contributed by atoms with E-state index in [2.05, 4.69) is 29.0 Å². The van der Waals surface area contributed by atoms with Crippen LogP contribution in [0.3, 0.4) is 0 Å². The number of hydrogen-bond donors (Lipinski definition) is 2. The lowest BCUT2D eigenvalue weighted by Gasteiger charge is -2.31. The molecule has 1 aliphatic rings. The summed E-state index contributed by atoms with van der Waals surface area (Å²) in [5, 5.41) is 13.6. The van der Waals surface area contributed by atoms with Crippen molar-refractivity contribution in [1.29, 1.82) is 0 Å². The van der Waals surface area contributed by atoms with E-state index in [0.29, 0.717) is 36.4 Å². The van der Waals surface area contributed by atoms with Gasteiger partial charge in [-0.25, -0.2) is 18.7 Å². The molecule has 1 aliphatic heterocycles. The number of halogens is 2. The Morgan fingerprint density at radius 1 is 1.12 bits per heavy atom. The highest BCUT2D eigenvalue weighted by atomic mass is 19.1. The molecule has 4 rings (SSSR count). The van der Waals surface area contributed by atoms with Crippen molar-refractivity contribution in [1.82, 2.24) is 15.0 Å². The van der Waals surface area contributed by atoms with Crippen LogP contribution in [0.25, 0.3) is 17.1 Å². The summed E-state index contributed by atoms with van der Waals surface area (Å²) in [5.74, 6) is 0.356. The molecule has 0 bridgehead atoms. The van der Waals surface area contributed by atoms with Crippen LogP contribution in [0.1, 0.15) is 51.8 Å². The minimum atomic E-state index is -0.865. The number of anilines is 2. The van der Waals surface area contributed by atoms with E-state index in [1.54, 1.807) is 20.0 Å². The molecule has 0 spiro atoms. The molecular weight excluding hydrogens is 436 g/mol. The smallest absolute Gasteiger partial charge is 0.172 e.